The number of anilines is 2. The first-order valence-corrected chi connectivity index (χ1v) is 10.8. The van der Waals surface area contributed by atoms with Crippen LogP contribution in [0.5, 0.6) is 5.75 Å². The number of benzene rings is 2. The van der Waals surface area contributed by atoms with Gasteiger partial charge in [-0.05, 0) is 50.6 Å². The lowest BCUT2D eigenvalue weighted by molar-refractivity contribution is -0.123. The molecule has 1 aliphatic rings. The molecule has 0 bridgehead atoms. The van der Waals surface area contributed by atoms with E-state index in [1.165, 1.54) is 31.4 Å². The van der Waals surface area contributed by atoms with Crippen molar-refractivity contribution in [2.75, 3.05) is 22.5 Å². The van der Waals surface area contributed by atoms with Crippen molar-refractivity contribution < 1.29 is 22.7 Å². The number of carbonyl (C=O) groups is 2. The Morgan fingerprint density at radius 3 is 2.52 bits per heavy atom. The monoisotopic (exact) mass is 436 g/mol. The Labute approximate surface area is 174 Å². The molecular weight excluding hydrogens is 416 g/mol. The zero-order chi connectivity index (χ0) is 21.6. The topological polar surface area (TPSA) is 92.8 Å². The maximum Gasteiger partial charge on any atom is 0.255 e. The number of ether oxygens (including phenoxy) is 1. The molecule has 29 heavy (non-hydrogen) atoms. The quantitative estimate of drug-likeness (QED) is 0.790. The average Bonchev–Trinajstić information content (AvgIpc) is 2.80. The second kappa shape index (κ2) is 7.35. The van der Waals surface area contributed by atoms with Gasteiger partial charge in [-0.25, -0.2) is 12.7 Å². The highest BCUT2D eigenvalue weighted by molar-refractivity contribution is 7.94. The van der Waals surface area contributed by atoms with Gasteiger partial charge in [-0.1, -0.05) is 17.7 Å². The van der Waals surface area contributed by atoms with Crippen molar-refractivity contribution in [2.45, 2.75) is 20.8 Å². The molecule has 154 valence electrons. The molecule has 1 fully saturated rings. The average molecular weight is 437 g/mol. The summed E-state index contributed by atoms with van der Waals surface area (Å²) in [4.78, 5) is 25.3. The lowest BCUT2D eigenvalue weighted by atomic mass is 9.95. The minimum Gasteiger partial charge on any atom is -0.495 e. The van der Waals surface area contributed by atoms with Gasteiger partial charge < -0.3 is 10.1 Å². The Morgan fingerprint density at radius 1 is 1.24 bits per heavy atom. The van der Waals surface area contributed by atoms with Crippen LogP contribution in [0, 0.1) is 12.3 Å². The minimum absolute atomic E-state index is 0.132. The summed E-state index contributed by atoms with van der Waals surface area (Å²) in [6.45, 7) is 4.96. The van der Waals surface area contributed by atoms with E-state index in [9.17, 15) is 18.0 Å². The molecule has 0 unspecified atom stereocenters. The zero-order valence-electron chi connectivity index (χ0n) is 16.4. The summed E-state index contributed by atoms with van der Waals surface area (Å²) in [5.74, 6) is -0.888. The Morgan fingerprint density at radius 2 is 1.93 bits per heavy atom. The second-order valence-electron chi connectivity index (χ2n) is 7.52. The molecule has 1 aliphatic heterocycles. The van der Waals surface area contributed by atoms with Crippen LogP contribution in [0.3, 0.4) is 0 Å². The van der Waals surface area contributed by atoms with E-state index in [4.69, 9.17) is 16.3 Å². The fourth-order valence-corrected chi connectivity index (χ4v) is 5.41. The molecule has 0 aliphatic carbocycles. The fourth-order valence-electron chi connectivity index (χ4n) is 3.16. The molecule has 2 aromatic carbocycles. The van der Waals surface area contributed by atoms with Crippen molar-refractivity contribution in [3.63, 3.8) is 0 Å². The summed E-state index contributed by atoms with van der Waals surface area (Å²) in [6.07, 6.45) is 0. The highest BCUT2D eigenvalue weighted by Crippen LogP contribution is 2.36. The third kappa shape index (κ3) is 3.95. The number of amides is 2. The Hall–Kier alpha value is -2.58. The summed E-state index contributed by atoms with van der Waals surface area (Å²) in [5, 5.41) is 3.24. The number of sulfonamides is 1. The molecule has 2 amide bonds. The molecule has 0 aromatic heterocycles. The van der Waals surface area contributed by atoms with E-state index in [-0.39, 0.29) is 17.0 Å². The van der Waals surface area contributed by atoms with Crippen molar-refractivity contribution >= 4 is 44.8 Å². The molecule has 0 radical (unpaired) electrons. The zero-order valence-corrected chi connectivity index (χ0v) is 18.0. The number of rotatable bonds is 4. The van der Waals surface area contributed by atoms with E-state index in [0.717, 1.165) is 9.87 Å². The Balaban J connectivity index is 1.94. The molecule has 0 spiro atoms. The van der Waals surface area contributed by atoms with Gasteiger partial charge in [0, 0.05) is 16.7 Å². The van der Waals surface area contributed by atoms with Crippen molar-refractivity contribution in [2.24, 2.45) is 5.41 Å². The van der Waals surface area contributed by atoms with E-state index in [2.05, 4.69) is 5.32 Å². The second-order valence-corrected chi connectivity index (χ2v) is 9.74. The predicted molar refractivity (Wildman–Crippen MR) is 112 cm³/mol. The third-order valence-corrected chi connectivity index (χ3v) is 7.08. The molecule has 3 rings (SSSR count). The van der Waals surface area contributed by atoms with Gasteiger partial charge in [0.1, 0.15) is 5.75 Å². The Kier molecular flexibility index (Phi) is 5.36. The van der Waals surface area contributed by atoms with Crippen LogP contribution >= 0.6 is 11.6 Å². The molecule has 9 heteroatoms. The number of nitrogens with one attached hydrogen (secondary N) is 1. The summed E-state index contributed by atoms with van der Waals surface area (Å²) in [5.41, 5.74) is 0.492. The number of carbonyl (C=O) groups excluding carboxylic acids is 2. The van der Waals surface area contributed by atoms with Crippen molar-refractivity contribution in [3.8, 4) is 5.75 Å². The minimum atomic E-state index is -3.80. The summed E-state index contributed by atoms with van der Waals surface area (Å²) in [6, 6.07) is 9.21. The van der Waals surface area contributed by atoms with Crippen LogP contribution in [0.2, 0.25) is 5.02 Å². The van der Waals surface area contributed by atoms with Gasteiger partial charge in [-0.3, -0.25) is 9.59 Å². The van der Waals surface area contributed by atoms with Crippen LogP contribution in [0.4, 0.5) is 11.4 Å². The molecule has 1 saturated heterocycles. The normalized spacial score (nSPS) is 17.3. The van der Waals surface area contributed by atoms with Crippen LogP contribution < -0.4 is 14.4 Å². The van der Waals surface area contributed by atoms with Gasteiger partial charge in [0.25, 0.3) is 5.91 Å². The maximum atomic E-state index is 12.8. The maximum absolute atomic E-state index is 12.8. The van der Waals surface area contributed by atoms with Gasteiger partial charge in [-0.15, -0.1) is 0 Å². The van der Waals surface area contributed by atoms with E-state index < -0.39 is 27.3 Å². The van der Waals surface area contributed by atoms with Crippen molar-refractivity contribution in [3.05, 3.63) is 52.5 Å². The molecule has 1 heterocycles. The van der Waals surface area contributed by atoms with Gasteiger partial charge in [-0.2, -0.15) is 0 Å². The van der Waals surface area contributed by atoms with E-state index in [1.807, 2.05) is 0 Å². The molecular formula is C20H21ClN2O5S. The van der Waals surface area contributed by atoms with Crippen LogP contribution in [-0.4, -0.2) is 33.1 Å². The lowest BCUT2D eigenvalue weighted by Gasteiger charge is -2.18. The highest BCUT2D eigenvalue weighted by atomic mass is 35.5. The fraction of sp³-hybridized carbons (Fsp3) is 0.300. The summed E-state index contributed by atoms with van der Waals surface area (Å²) < 4.78 is 31.0. The first-order chi connectivity index (χ1) is 13.5. The standard InChI is InChI=1S/C20H21ClN2O5S/c1-12-8-16(17(28-4)10-15(12)21)22-18(24)13-6-5-7-14(9-13)23-19(25)20(2,3)11-29(23,26)27/h5-10H,11H2,1-4H3,(H,22,24). The van der Waals surface area contributed by atoms with Gasteiger partial charge >= 0.3 is 0 Å². The Bertz CT molecular complexity index is 1110. The number of hydrogen-bond donors (Lipinski definition) is 1. The first kappa shape index (κ1) is 21.1. The molecule has 0 atom stereocenters. The van der Waals surface area contributed by atoms with E-state index in [1.54, 1.807) is 32.9 Å². The molecule has 7 nitrogen and oxygen atoms in total. The lowest BCUT2D eigenvalue weighted by Crippen LogP contribution is -2.33. The SMILES string of the molecule is COc1cc(Cl)c(C)cc1NC(=O)c1cccc(N2C(=O)C(C)(C)CS2(=O)=O)c1. The largest absolute Gasteiger partial charge is 0.495 e. The van der Waals surface area contributed by atoms with Gasteiger partial charge in [0.2, 0.25) is 15.9 Å². The number of halogens is 1. The smallest absolute Gasteiger partial charge is 0.255 e. The van der Waals surface area contributed by atoms with Crippen molar-refractivity contribution in [1.82, 2.24) is 0 Å². The van der Waals surface area contributed by atoms with Gasteiger partial charge in [0.15, 0.2) is 0 Å². The number of aryl methyl sites for hydroxylation is 1. The highest BCUT2D eigenvalue weighted by Gasteiger charge is 2.49. The third-order valence-electron chi connectivity index (χ3n) is 4.66. The van der Waals surface area contributed by atoms with Crippen LogP contribution in [-0.2, 0) is 14.8 Å². The molecule has 2 aromatic rings. The molecule has 1 N–H and O–H groups in total. The number of methoxy groups -OCH3 is 1. The first-order valence-electron chi connectivity index (χ1n) is 8.79. The predicted octanol–water partition coefficient (Wildman–Crippen LogP) is 3.61. The summed E-state index contributed by atoms with van der Waals surface area (Å²) in [7, 11) is -2.34. The van der Waals surface area contributed by atoms with Gasteiger partial charge in [0.05, 0.1) is 29.7 Å². The van der Waals surface area contributed by atoms with Crippen LogP contribution in [0.15, 0.2) is 36.4 Å². The van der Waals surface area contributed by atoms with E-state index >= 15 is 0 Å². The van der Waals surface area contributed by atoms with Crippen LogP contribution in [0.25, 0.3) is 0 Å². The number of nitrogens with zero attached hydrogens (tertiary/aromatic N) is 1. The molecule has 0 saturated carbocycles. The van der Waals surface area contributed by atoms with E-state index in [0.29, 0.717) is 16.5 Å². The van der Waals surface area contributed by atoms with Crippen LogP contribution in [0.1, 0.15) is 29.8 Å². The van der Waals surface area contributed by atoms with Crippen molar-refractivity contribution in [1.29, 1.82) is 0 Å². The number of hydrogen-bond acceptors (Lipinski definition) is 5. The summed E-state index contributed by atoms with van der Waals surface area (Å²) >= 11 is 6.09.